The summed E-state index contributed by atoms with van der Waals surface area (Å²) in [6.45, 7) is 1.12. The van der Waals surface area contributed by atoms with Crippen LogP contribution in [0.3, 0.4) is 0 Å². The van der Waals surface area contributed by atoms with Gasteiger partial charge >= 0.3 is 0 Å². The van der Waals surface area contributed by atoms with E-state index in [-0.39, 0.29) is 5.54 Å². The number of rotatable bonds is 1. The van der Waals surface area contributed by atoms with E-state index in [1.807, 2.05) is 0 Å². The molecule has 1 saturated carbocycles. The van der Waals surface area contributed by atoms with Crippen molar-refractivity contribution in [2.45, 2.75) is 50.5 Å². The van der Waals surface area contributed by atoms with Crippen molar-refractivity contribution < 1.29 is 0 Å². The second-order valence-electron chi connectivity index (χ2n) is 4.50. The van der Waals surface area contributed by atoms with Crippen LogP contribution in [-0.2, 0) is 0 Å². The lowest BCUT2D eigenvalue weighted by atomic mass is 9.67. The largest absolute Gasteiger partial charge is 0.310 e. The molecule has 1 aliphatic heterocycles. The predicted molar refractivity (Wildman–Crippen MR) is 52.2 cm³/mol. The van der Waals surface area contributed by atoms with Gasteiger partial charge in [0, 0.05) is 5.54 Å². The smallest absolute Gasteiger partial charge is 0.0641 e. The molecule has 0 amide bonds. The minimum Gasteiger partial charge on any atom is -0.310 e. The standard InChI is InChI=1S/C11H18N2/c12-8-7-11-6-2-1-4-10(11)5-3-9-13-11/h10,13H,1-7,9H2/t10-,11+/m0/s1. The van der Waals surface area contributed by atoms with Crippen LogP contribution in [0, 0.1) is 17.2 Å². The molecule has 2 heteroatoms. The maximum absolute atomic E-state index is 8.86. The van der Waals surface area contributed by atoms with E-state index in [0.29, 0.717) is 0 Å². The Kier molecular flexibility index (Phi) is 2.55. The summed E-state index contributed by atoms with van der Waals surface area (Å²) >= 11 is 0. The highest BCUT2D eigenvalue weighted by atomic mass is 15.0. The van der Waals surface area contributed by atoms with Crippen LogP contribution in [-0.4, -0.2) is 12.1 Å². The summed E-state index contributed by atoms with van der Waals surface area (Å²) < 4.78 is 0. The lowest BCUT2D eigenvalue weighted by Gasteiger charge is -2.47. The molecule has 0 aromatic rings. The maximum atomic E-state index is 8.86. The highest BCUT2D eigenvalue weighted by molar-refractivity contribution is 5.04. The highest BCUT2D eigenvalue weighted by Crippen LogP contribution is 2.40. The Labute approximate surface area is 80.3 Å². The summed E-state index contributed by atoms with van der Waals surface area (Å²) in [7, 11) is 0. The summed E-state index contributed by atoms with van der Waals surface area (Å²) in [6, 6.07) is 2.36. The van der Waals surface area contributed by atoms with E-state index in [0.717, 1.165) is 18.9 Å². The normalized spacial score (nSPS) is 39.2. The molecule has 0 aromatic heterocycles. The van der Waals surface area contributed by atoms with E-state index in [1.165, 1.54) is 38.5 Å². The van der Waals surface area contributed by atoms with Gasteiger partial charge in [-0.25, -0.2) is 0 Å². The Morgan fingerprint density at radius 3 is 3.00 bits per heavy atom. The van der Waals surface area contributed by atoms with E-state index in [2.05, 4.69) is 11.4 Å². The Bertz CT molecular complexity index is 205. The van der Waals surface area contributed by atoms with E-state index in [1.54, 1.807) is 0 Å². The van der Waals surface area contributed by atoms with Crippen molar-refractivity contribution in [3.63, 3.8) is 0 Å². The van der Waals surface area contributed by atoms with Crippen LogP contribution < -0.4 is 5.32 Å². The van der Waals surface area contributed by atoms with Gasteiger partial charge in [-0.05, 0) is 38.1 Å². The van der Waals surface area contributed by atoms with Crippen molar-refractivity contribution in [1.29, 1.82) is 5.26 Å². The quantitative estimate of drug-likeness (QED) is 0.668. The lowest BCUT2D eigenvalue weighted by molar-refractivity contribution is 0.106. The second-order valence-corrected chi connectivity index (χ2v) is 4.50. The van der Waals surface area contributed by atoms with E-state index < -0.39 is 0 Å². The fourth-order valence-corrected chi connectivity index (χ4v) is 3.09. The highest BCUT2D eigenvalue weighted by Gasteiger charge is 2.41. The third-order valence-electron chi connectivity index (χ3n) is 3.81. The molecule has 0 unspecified atom stereocenters. The molecule has 0 radical (unpaired) electrons. The lowest BCUT2D eigenvalue weighted by Crippen LogP contribution is -2.55. The fraction of sp³-hybridized carbons (Fsp3) is 0.909. The first-order valence-corrected chi connectivity index (χ1v) is 5.49. The summed E-state index contributed by atoms with van der Waals surface area (Å²) in [4.78, 5) is 0. The first-order chi connectivity index (χ1) is 6.37. The molecular weight excluding hydrogens is 160 g/mol. The van der Waals surface area contributed by atoms with Crippen LogP contribution in [0.5, 0.6) is 0 Å². The minimum atomic E-state index is 0.214. The predicted octanol–water partition coefficient (Wildman–Crippen LogP) is 2.21. The average molecular weight is 178 g/mol. The maximum Gasteiger partial charge on any atom is 0.0641 e. The van der Waals surface area contributed by atoms with Crippen LogP contribution in [0.4, 0.5) is 0 Å². The molecular formula is C11H18N2. The van der Waals surface area contributed by atoms with Gasteiger partial charge in [0.15, 0.2) is 0 Å². The molecule has 0 bridgehead atoms. The number of nitrogens with zero attached hydrogens (tertiary/aromatic N) is 1. The van der Waals surface area contributed by atoms with Crippen molar-refractivity contribution >= 4 is 0 Å². The van der Waals surface area contributed by atoms with Crippen LogP contribution >= 0.6 is 0 Å². The van der Waals surface area contributed by atoms with Crippen LogP contribution in [0.2, 0.25) is 0 Å². The number of hydrogen-bond donors (Lipinski definition) is 1. The molecule has 1 N–H and O–H groups in total. The third kappa shape index (κ3) is 1.58. The van der Waals surface area contributed by atoms with Crippen LogP contribution in [0.25, 0.3) is 0 Å². The Morgan fingerprint density at radius 2 is 2.15 bits per heavy atom. The van der Waals surface area contributed by atoms with Gasteiger partial charge in [0.2, 0.25) is 0 Å². The van der Waals surface area contributed by atoms with Gasteiger partial charge in [-0.2, -0.15) is 5.26 Å². The first kappa shape index (κ1) is 9.02. The zero-order valence-electron chi connectivity index (χ0n) is 8.18. The van der Waals surface area contributed by atoms with Crippen LogP contribution in [0.15, 0.2) is 0 Å². The topological polar surface area (TPSA) is 35.8 Å². The Balaban J connectivity index is 2.12. The molecule has 1 saturated heterocycles. The third-order valence-corrected chi connectivity index (χ3v) is 3.81. The average Bonchev–Trinajstić information content (AvgIpc) is 2.18. The van der Waals surface area contributed by atoms with Crippen molar-refractivity contribution in [3.8, 4) is 6.07 Å². The van der Waals surface area contributed by atoms with Crippen molar-refractivity contribution in [2.24, 2.45) is 5.92 Å². The number of fused-ring (bicyclic) bond motifs is 1. The monoisotopic (exact) mass is 178 g/mol. The van der Waals surface area contributed by atoms with Gasteiger partial charge in [0.05, 0.1) is 12.5 Å². The van der Waals surface area contributed by atoms with Gasteiger partial charge < -0.3 is 5.32 Å². The molecule has 2 nitrogen and oxygen atoms in total. The van der Waals surface area contributed by atoms with Crippen molar-refractivity contribution in [1.82, 2.24) is 5.32 Å². The first-order valence-electron chi connectivity index (χ1n) is 5.49. The zero-order chi connectivity index (χ0) is 9.15. The zero-order valence-corrected chi connectivity index (χ0v) is 8.18. The molecule has 1 heterocycles. The molecule has 0 spiro atoms. The van der Waals surface area contributed by atoms with Crippen molar-refractivity contribution in [2.75, 3.05) is 6.54 Å². The van der Waals surface area contributed by atoms with Gasteiger partial charge in [-0.1, -0.05) is 12.8 Å². The second kappa shape index (κ2) is 3.67. The SMILES string of the molecule is N#CC[C@]12CCCC[C@H]1CCCN2. The summed E-state index contributed by atoms with van der Waals surface area (Å²) in [5.74, 6) is 0.787. The Morgan fingerprint density at radius 1 is 1.31 bits per heavy atom. The van der Waals surface area contributed by atoms with Gasteiger partial charge in [-0.15, -0.1) is 0 Å². The molecule has 2 atom stereocenters. The van der Waals surface area contributed by atoms with E-state index in [4.69, 9.17) is 5.26 Å². The molecule has 1 aliphatic carbocycles. The molecule has 13 heavy (non-hydrogen) atoms. The molecule has 72 valence electrons. The molecule has 0 aromatic carbocycles. The minimum absolute atomic E-state index is 0.214. The number of hydrogen-bond acceptors (Lipinski definition) is 2. The summed E-state index contributed by atoms with van der Waals surface area (Å²) in [5.41, 5.74) is 0.214. The number of piperidine rings is 1. The summed E-state index contributed by atoms with van der Waals surface area (Å²) in [6.07, 6.45) is 8.62. The fourth-order valence-electron chi connectivity index (χ4n) is 3.09. The summed E-state index contributed by atoms with van der Waals surface area (Å²) in [5, 5.41) is 12.5. The van der Waals surface area contributed by atoms with E-state index in [9.17, 15) is 0 Å². The van der Waals surface area contributed by atoms with Gasteiger partial charge in [0.25, 0.3) is 0 Å². The van der Waals surface area contributed by atoms with Gasteiger partial charge in [-0.3, -0.25) is 0 Å². The molecule has 2 fully saturated rings. The van der Waals surface area contributed by atoms with E-state index >= 15 is 0 Å². The Hall–Kier alpha value is -0.550. The van der Waals surface area contributed by atoms with Gasteiger partial charge in [0.1, 0.15) is 0 Å². The van der Waals surface area contributed by atoms with Crippen molar-refractivity contribution in [3.05, 3.63) is 0 Å². The molecule has 2 aliphatic rings. The number of nitriles is 1. The molecule has 2 rings (SSSR count). The number of nitrogens with one attached hydrogen (secondary N) is 1. The van der Waals surface area contributed by atoms with Crippen LogP contribution in [0.1, 0.15) is 44.9 Å².